The molecule has 0 saturated heterocycles. The van der Waals surface area contributed by atoms with E-state index in [1.54, 1.807) is 12.1 Å². The van der Waals surface area contributed by atoms with Crippen LogP contribution in [0.4, 0.5) is 13.2 Å². The molecule has 7 heteroatoms. The molecule has 0 aliphatic carbocycles. The van der Waals surface area contributed by atoms with E-state index < -0.39 is 24.7 Å². The number of halogens is 3. The van der Waals surface area contributed by atoms with Crippen LogP contribution in [-0.4, -0.2) is 24.7 Å². The molecule has 0 spiro atoms. The van der Waals surface area contributed by atoms with Gasteiger partial charge in [0.05, 0.1) is 6.04 Å². The number of carbonyl (C=O) groups excluding carboxylic acids is 1. The number of nitrogens with two attached hydrogens (primary N) is 1. The van der Waals surface area contributed by atoms with Gasteiger partial charge in [0.2, 0.25) is 5.91 Å². The second-order valence-electron chi connectivity index (χ2n) is 6.13. The average molecular weight is 318 g/mol. The molecular formula is C15H21F3N2O2. The third kappa shape index (κ3) is 6.34. The number of primary amides is 1. The van der Waals surface area contributed by atoms with Crippen molar-refractivity contribution in [2.45, 2.75) is 39.5 Å². The number of alkyl halides is 3. The van der Waals surface area contributed by atoms with Gasteiger partial charge in [0, 0.05) is 6.54 Å². The van der Waals surface area contributed by atoms with Crippen molar-refractivity contribution in [2.75, 3.05) is 6.61 Å². The standard InChI is InChI=1S/C15H21F3N2O2/c1-14(2,3)12(13(19)21)20-8-10-4-6-11(7-5-10)22-9-15(16,17)18/h4-7,12,20H,8-9H2,1-3H3,(H2,19,21). The minimum Gasteiger partial charge on any atom is -0.484 e. The minimum absolute atomic E-state index is 0.142. The van der Waals surface area contributed by atoms with Crippen molar-refractivity contribution in [1.82, 2.24) is 5.32 Å². The van der Waals surface area contributed by atoms with Crippen LogP contribution in [0.3, 0.4) is 0 Å². The minimum atomic E-state index is -4.36. The molecule has 124 valence electrons. The molecule has 0 aromatic heterocycles. The Kier molecular flexibility index (Phi) is 5.82. The van der Waals surface area contributed by atoms with Gasteiger partial charge in [-0.3, -0.25) is 4.79 Å². The summed E-state index contributed by atoms with van der Waals surface area (Å²) < 4.78 is 40.7. The quantitative estimate of drug-likeness (QED) is 0.847. The lowest BCUT2D eigenvalue weighted by Crippen LogP contribution is -2.49. The Morgan fingerprint density at radius 2 is 1.77 bits per heavy atom. The number of hydrogen-bond acceptors (Lipinski definition) is 3. The molecule has 1 aromatic carbocycles. The topological polar surface area (TPSA) is 64.3 Å². The molecule has 1 rings (SSSR count). The first-order valence-corrected chi connectivity index (χ1v) is 6.80. The third-order valence-electron chi connectivity index (χ3n) is 2.99. The smallest absolute Gasteiger partial charge is 0.422 e. The number of ether oxygens (including phenoxy) is 1. The van der Waals surface area contributed by atoms with Gasteiger partial charge in [-0.15, -0.1) is 0 Å². The molecule has 0 heterocycles. The molecule has 0 radical (unpaired) electrons. The van der Waals surface area contributed by atoms with Gasteiger partial charge in [0.1, 0.15) is 5.75 Å². The Morgan fingerprint density at radius 1 is 1.23 bits per heavy atom. The molecule has 1 unspecified atom stereocenters. The highest BCUT2D eigenvalue weighted by Crippen LogP contribution is 2.21. The van der Waals surface area contributed by atoms with E-state index >= 15 is 0 Å². The Balaban J connectivity index is 2.59. The van der Waals surface area contributed by atoms with Crippen LogP contribution in [0.15, 0.2) is 24.3 Å². The molecule has 1 amide bonds. The molecule has 1 aromatic rings. The second kappa shape index (κ2) is 7.00. The van der Waals surface area contributed by atoms with Crippen molar-refractivity contribution >= 4 is 5.91 Å². The molecular weight excluding hydrogens is 297 g/mol. The molecule has 3 N–H and O–H groups in total. The highest BCUT2D eigenvalue weighted by Gasteiger charge is 2.29. The maximum Gasteiger partial charge on any atom is 0.422 e. The summed E-state index contributed by atoms with van der Waals surface area (Å²) in [4.78, 5) is 11.4. The maximum absolute atomic E-state index is 12.0. The molecule has 1 atom stereocenters. The number of amides is 1. The summed E-state index contributed by atoms with van der Waals surface area (Å²) in [5, 5.41) is 3.06. The first-order chi connectivity index (χ1) is 9.99. The highest BCUT2D eigenvalue weighted by atomic mass is 19.4. The van der Waals surface area contributed by atoms with Crippen LogP contribution in [0, 0.1) is 5.41 Å². The number of hydrogen-bond donors (Lipinski definition) is 2. The zero-order chi connectivity index (χ0) is 17.0. The van der Waals surface area contributed by atoms with Crippen molar-refractivity contribution in [1.29, 1.82) is 0 Å². The van der Waals surface area contributed by atoms with Crippen molar-refractivity contribution in [3.63, 3.8) is 0 Å². The largest absolute Gasteiger partial charge is 0.484 e. The van der Waals surface area contributed by atoms with Gasteiger partial charge < -0.3 is 15.8 Å². The summed E-state index contributed by atoms with van der Waals surface area (Å²) >= 11 is 0. The summed E-state index contributed by atoms with van der Waals surface area (Å²) in [5.41, 5.74) is 5.85. The average Bonchev–Trinajstić information content (AvgIpc) is 2.35. The Hall–Kier alpha value is -1.76. The maximum atomic E-state index is 12.0. The Labute approximate surface area is 127 Å². The fourth-order valence-electron chi connectivity index (χ4n) is 1.92. The predicted molar refractivity (Wildman–Crippen MR) is 77.3 cm³/mol. The molecule has 0 bridgehead atoms. The summed E-state index contributed by atoms with van der Waals surface area (Å²) in [7, 11) is 0. The fraction of sp³-hybridized carbons (Fsp3) is 0.533. The highest BCUT2D eigenvalue weighted by molar-refractivity contribution is 5.80. The zero-order valence-electron chi connectivity index (χ0n) is 12.8. The third-order valence-corrected chi connectivity index (χ3v) is 2.99. The van der Waals surface area contributed by atoms with E-state index in [2.05, 4.69) is 10.1 Å². The SMILES string of the molecule is CC(C)(C)C(NCc1ccc(OCC(F)(F)F)cc1)C(N)=O. The summed E-state index contributed by atoms with van der Waals surface area (Å²) in [5.74, 6) is -0.305. The van der Waals surface area contributed by atoms with Crippen LogP contribution in [0.2, 0.25) is 0 Å². The predicted octanol–water partition coefficient (Wildman–Crippen LogP) is 2.62. The number of benzene rings is 1. The molecule has 0 aliphatic heterocycles. The van der Waals surface area contributed by atoms with E-state index in [0.29, 0.717) is 6.54 Å². The van der Waals surface area contributed by atoms with Gasteiger partial charge in [-0.1, -0.05) is 32.9 Å². The van der Waals surface area contributed by atoms with E-state index in [4.69, 9.17) is 5.73 Å². The molecule has 22 heavy (non-hydrogen) atoms. The molecule has 0 fully saturated rings. The van der Waals surface area contributed by atoms with Crippen molar-refractivity contribution in [3.05, 3.63) is 29.8 Å². The van der Waals surface area contributed by atoms with Crippen LogP contribution in [0.25, 0.3) is 0 Å². The van der Waals surface area contributed by atoms with Gasteiger partial charge in [-0.25, -0.2) is 0 Å². The first kappa shape index (κ1) is 18.3. The van der Waals surface area contributed by atoms with E-state index in [9.17, 15) is 18.0 Å². The van der Waals surface area contributed by atoms with E-state index in [-0.39, 0.29) is 11.2 Å². The van der Waals surface area contributed by atoms with Crippen LogP contribution < -0.4 is 15.8 Å². The lowest BCUT2D eigenvalue weighted by Gasteiger charge is -2.28. The normalized spacial score (nSPS) is 13.7. The van der Waals surface area contributed by atoms with Crippen molar-refractivity contribution in [3.8, 4) is 5.75 Å². The monoisotopic (exact) mass is 318 g/mol. The van der Waals surface area contributed by atoms with Crippen LogP contribution in [0.5, 0.6) is 5.75 Å². The summed E-state index contributed by atoms with van der Waals surface area (Å²) in [6, 6.07) is 5.69. The summed E-state index contributed by atoms with van der Waals surface area (Å²) in [6.45, 7) is 4.74. The van der Waals surface area contributed by atoms with Crippen molar-refractivity contribution < 1.29 is 22.7 Å². The van der Waals surface area contributed by atoms with Crippen LogP contribution in [0.1, 0.15) is 26.3 Å². The van der Waals surface area contributed by atoms with Crippen molar-refractivity contribution in [2.24, 2.45) is 11.1 Å². The van der Waals surface area contributed by atoms with Gasteiger partial charge >= 0.3 is 6.18 Å². The fourth-order valence-corrected chi connectivity index (χ4v) is 1.92. The number of nitrogens with one attached hydrogen (secondary N) is 1. The first-order valence-electron chi connectivity index (χ1n) is 6.80. The molecule has 0 saturated carbocycles. The Bertz CT molecular complexity index is 493. The van der Waals surface area contributed by atoms with E-state index in [0.717, 1.165) is 5.56 Å². The van der Waals surface area contributed by atoms with E-state index in [1.807, 2.05) is 20.8 Å². The van der Waals surface area contributed by atoms with Gasteiger partial charge in [-0.2, -0.15) is 13.2 Å². The van der Waals surface area contributed by atoms with Gasteiger partial charge in [-0.05, 0) is 23.1 Å². The van der Waals surface area contributed by atoms with E-state index in [1.165, 1.54) is 12.1 Å². The van der Waals surface area contributed by atoms with Crippen LogP contribution >= 0.6 is 0 Å². The van der Waals surface area contributed by atoms with Gasteiger partial charge in [0.25, 0.3) is 0 Å². The summed E-state index contributed by atoms with van der Waals surface area (Å²) in [6.07, 6.45) is -4.36. The molecule has 4 nitrogen and oxygen atoms in total. The second-order valence-corrected chi connectivity index (χ2v) is 6.13. The Morgan fingerprint density at radius 3 is 2.18 bits per heavy atom. The number of rotatable bonds is 6. The molecule has 0 aliphatic rings. The zero-order valence-corrected chi connectivity index (χ0v) is 12.8. The van der Waals surface area contributed by atoms with Crippen LogP contribution in [-0.2, 0) is 11.3 Å². The number of carbonyl (C=O) groups is 1. The lowest BCUT2D eigenvalue weighted by atomic mass is 9.86. The lowest BCUT2D eigenvalue weighted by molar-refractivity contribution is -0.153. The van der Waals surface area contributed by atoms with Gasteiger partial charge in [0.15, 0.2) is 6.61 Å².